The molecular weight excluding hydrogens is 298 g/mol. The minimum Gasteiger partial charge on any atom is -0.383 e. The quantitative estimate of drug-likeness (QED) is 0.673. The Bertz CT molecular complexity index is 760. The lowest BCUT2D eigenvalue weighted by Crippen LogP contribution is -2.12. The predicted octanol–water partition coefficient (Wildman–Crippen LogP) is 3.79. The largest absolute Gasteiger partial charge is 0.383 e. The standard InChI is InChI=1S/C20H21N3O/c1-24-13-12-21-20-18(14-16-8-4-2-5-9-16)15-19(22-23-20)17-10-6-3-7-11-17/h2-11,15H,12-14H2,1H3,(H,21,23). The maximum atomic E-state index is 5.10. The fourth-order valence-corrected chi connectivity index (χ4v) is 2.55. The molecule has 0 bridgehead atoms. The fourth-order valence-electron chi connectivity index (χ4n) is 2.55. The highest BCUT2D eigenvalue weighted by Crippen LogP contribution is 2.23. The fraction of sp³-hybridized carbons (Fsp3) is 0.200. The molecule has 1 aromatic heterocycles. The van der Waals surface area contributed by atoms with Gasteiger partial charge in [-0.25, -0.2) is 0 Å². The number of aromatic nitrogens is 2. The molecule has 3 rings (SSSR count). The van der Waals surface area contributed by atoms with Crippen molar-refractivity contribution in [2.24, 2.45) is 0 Å². The molecule has 4 heteroatoms. The summed E-state index contributed by atoms with van der Waals surface area (Å²) in [5.41, 5.74) is 4.34. The maximum Gasteiger partial charge on any atom is 0.152 e. The number of methoxy groups -OCH3 is 1. The molecule has 0 fully saturated rings. The van der Waals surface area contributed by atoms with Crippen molar-refractivity contribution in [3.05, 3.63) is 77.9 Å². The molecule has 0 saturated heterocycles. The summed E-state index contributed by atoms with van der Waals surface area (Å²) in [6, 6.07) is 22.6. The van der Waals surface area contributed by atoms with Crippen molar-refractivity contribution in [2.45, 2.75) is 6.42 Å². The first-order chi connectivity index (χ1) is 11.9. The summed E-state index contributed by atoms with van der Waals surface area (Å²) in [5, 5.41) is 12.1. The molecule has 1 N–H and O–H groups in total. The Kier molecular flexibility index (Phi) is 5.53. The molecule has 4 nitrogen and oxygen atoms in total. The summed E-state index contributed by atoms with van der Waals surface area (Å²) < 4.78 is 5.10. The van der Waals surface area contributed by atoms with Gasteiger partial charge in [-0.15, -0.1) is 10.2 Å². The number of nitrogens with zero attached hydrogens (tertiary/aromatic N) is 2. The van der Waals surface area contributed by atoms with Crippen LogP contribution in [0.3, 0.4) is 0 Å². The average molecular weight is 319 g/mol. The number of nitrogens with one attached hydrogen (secondary N) is 1. The summed E-state index contributed by atoms with van der Waals surface area (Å²) in [7, 11) is 1.69. The molecule has 0 spiro atoms. The van der Waals surface area contributed by atoms with Gasteiger partial charge in [-0.3, -0.25) is 0 Å². The molecular formula is C20H21N3O. The summed E-state index contributed by atoms with van der Waals surface area (Å²) in [6.45, 7) is 1.34. The molecule has 0 aliphatic heterocycles. The molecule has 0 amide bonds. The smallest absolute Gasteiger partial charge is 0.152 e. The second kappa shape index (κ2) is 8.22. The third kappa shape index (κ3) is 4.18. The molecule has 0 aliphatic carbocycles. The molecule has 122 valence electrons. The Hall–Kier alpha value is -2.72. The highest BCUT2D eigenvalue weighted by atomic mass is 16.5. The monoisotopic (exact) mass is 319 g/mol. The first kappa shape index (κ1) is 16.1. The maximum absolute atomic E-state index is 5.10. The number of rotatable bonds is 7. The van der Waals surface area contributed by atoms with Crippen LogP contribution in [0, 0.1) is 0 Å². The second-order valence-corrected chi connectivity index (χ2v) is 5.55. The van der Waals surface area contributed by atoms with Gasteiger partial charge in [-0.2, -0.15) is 0 Å². The van der Waals surface area contributed by atoms with Gasteiger partial charge in [0.15, 0.2) is 5.82 Å². The van der Waals surface area contributed by atoms with Crippen LogP contribution in [0.2, 0.25) is 0 Å². The van der Waals surface area contributed by atoms with Crippen molar-refractivity contribution in [2.75, 3.05) is 25.6 Å². The highest BCUT2D eigenvalue weighted by molar-refractivity contribution is 5.62. The van der Waals surface area contributed by atoms with Crippen molar-refractivity contribution in [3.8, 4) is 11.3 Å². The van der Waals surface area contributed by atoms with E-state index < -0.39 is 0 Å². The first-order valence-electron chi connectivity index (χ1n) is 8.05. The summed E-state index contributed by atoms with van der Waals surface area (Å²) in [5.74, 6) is 0.815. The Labute approximate surface area is 142 Å². The van der Waals surface area contributed by atoms with E-state index in [1.54, 1.807) is 7.11 Å². The van der Waals surface area contributed by atoms with Gasteiger partial charge >= 0.3 is 0 Å². The molecule has 0 unspecified atom stereocenters. The van der Waals surface area contributed by atoms with Crippen LogP contribution >= 0.6 is 0 Å². The molecule has 24 heavy (non-hydrogen) atoms. The molecule has 1 heterocycles. The third-order valence-electron chi connectivity index (χ3n) is 3.78. The third-order valence-corrected chi connectivity index (χ3v) is 3.78. The van der Waals surface area contributed by atoms with Crippen molar-refractivity contribution < 1.29 is 4.74 Å². The summed E-state index contributed by atoms with van der Waals surface area (Å²) in [6.07, 6.45) is 0.811. The molecule has 0 radical (unpaired) electrons. The predicted molar refractivity (Wildman–Crippen MR) is 97.1 cm³/mol. The minimum atomic E-state index is 0.632. The van der Waals surface area contributed by atoms with E-state index in [0.29, 0.717) is 13.2 Å². The van der Waals surface area contributed by atoms with E-state index in [1.807, 2.05) is 36.4 Å². The van der Waals surface area contributed by atoms with Gasteiger partial charge in [0.2, 0.25) is 0 Å². The van der Waals surface area contributed by atoms with Gasteiger partial charge in [0.05, 0.1) is 12.3 Å². The van der Waals surface area contributed by atoms with E-state index in [9.17, 15) is 0 Å². The SMILES string of the molecule is COCCNc1nnc(-c2ccccc2)cc1Cc1ccccc1. The van der Waals surface area contributed by atoms with Gasteiger partial charge in [0.1, 0.15) is 0 Å². The summed E-state index contributed by atoms with van der Waals surface area (Å²) in [4.78, 5) is 0. The Morgan fingerprint density at radius 1 is 0.917 bits per heavy atom. The molecule has 0 saturated carbocycles. The van der Waals surface area contributed by atoms with Crippen LogP contribution in [0.5, 0.6) is 0 Å². The van der Waals surface area contributed by atoms with Crippen LogP contribution in [0.15, 0.2) is 66.7 Å². The van der Waals surface area contributed by atoms with Crippen LogP contribution in [0.25, 0.3) is 11.3 Å². The van der Waals surface area contributed by atoms with Crippen molar-refractivity contribution in [1.82, 2.24) is 10.2 Å². The van der Waals surface area contributed by atoms with Crippen molar-refractivity contribution >= 4 is 5.82 Å². The first-order valence-corrected chi connectivity index (χ1v) is 8.05. The number of hydrogen-bond donors (Lipinski definition) is 1. The lowest BCUT2D eigenvalue weighted by molar-refractivity contribution is 0.210. The topological polar surface area (TPSA) is 47.0 Å². The normalized spacial score (nSPS) is 10.5. The van der Waals surface area contributed by atoms with Crippen molar-refractivity contribution in [3.63, 3.8) is 0 Å². The zero-order chi connectivity index (χ0) is 16.6. The zero-order valence-electron chi connectivity index (χ0n) is 13.8. The van der Waals surface area contributed by atoms with Gasteiger partial charge in [0.25, 0.3) is 0 Å². The van der Waals surface area contributed by atoms with Crippen LogP contribution in [0.4, 0.5) is 5.82 Å². The van der Waals surface area contributed by atoms with E-state index in [-0.39, 0.29) is 0 Å². The van der Waals surface area contributed by atoms with E-state index >= 15 is 0 Å². The molecule has 3 aromatic rings. The Balaban J connectivity index is 1.91. The van der Waals surface area contributed by atoms with E-state index in [1.165, 1.54) is 5.56 Å². The minimum absolute atomic E-state index is 0.632. The van der Waals surface area contributed by atoms with Gasteiger partial charge in [-0.05, 0) is 11.6 Å². The zero-order valence-corrected chi connectivity index (χ0v) is 13.8. The van der Waals surface area contributed by atoms with Gasteiger partial charge in [-0.1, -0.05) is 60.7 Å². The summed E-state index contributed by atoms with van der Waals surface area (Å²) >= 11 is 0. The second-order valence-electron chi connectivity index (χ2n) is 5.55. The molecule has 0 atom stereocenters. The molecule has 0 aliphatic rings. The van der Waals surface area contributed by atoms with Crippen molar-refractivity contribution in [1.29, 1.82) is 0 Å². The lowest BCUT2D eigenvalue weighted by Gasteiger charge is -2.12. The average Bonchev–Trinajstić information content (AvgIpc) is 2.65. The highest BCUT2D eigenvalue weighted by Gasteiger charge is 2.09. The van der Waals surface area contributed by atoms with Crippen LogP contribution in [0.1, 0.15) is 11.1 Å². The number of hydrogen-bond acceptors (Lipinski definition) is 4. The molecule has 2 aromatic carbocycles. The van der Waals surface area contributed by atoms with Crippen LogP contribution in [-0.4, -0.2) is 30.5 Å². The van der Waals surface area contributed by atoms with Gasteiger partial charge in [0, 0.05) is 31.2 Å². The van der Waals surface area contributed by atoms with E-state index in [4.69, 9.17) is 4.74 Å². The lowest BCUT2D eigenvalue weighted by atomic mass is 10.0. The Morgan fingerprint density at radius 3 is 2.33 bits per heavy atom. The van der Waals surface area contributed by atoms with Gasteiger partial charge < -0.3 is 10.1 Å². The number of benzene rings is 2. The van der Waals surface area contributed by atoms with Crippen LogP contribution in [-0.2, 0) is 11.2 Å². The number of anilines is 1. The van der Waals surface area contributed by atoms with Crippen LogP contribution < -0.4 is 5.32 Å². The van der Waals surface area contributed by atoms with E-state index in [0.717, 1.165) is 29.1 Å². The Morgan fingerprint density at radius 2 is 1.62 bits per heavy atom. The number of ether oxygens (including phenoxy) is 1. The van der Waals surface area contributed by atoms with E-state index in [2.05, 4.69) is 45.8 Å².